The summed E-state index contributed by atoms with van der Waals surface area (Å²) in [5.41, 5.74) is 6.32. The number of rotatable bonds is 7. The Kier molecular flexibility index (Phi) is 5.31. The first-order valence-electron chi connectivity index (χ1n) is 10.3. The van der Waals surface area contributed by atoms with Crippen molar-refractivity contribution in [1.82, 2.24) is 30.2 Å². The molecule has 2 aromatic carbocycles. The van der Waals surface area contributed by atoms with E-state index in [4.69, 9.17) is 4.98 Å². The summed E-state index contributed by atoms with van der Waals surface area (Å²) in [6.07, 6.45) is 1.95. The molecule has 0 radical (unpaired) electrons. The molecule has 7 nitrogen and oxygen atoms in total. The van der Waals surface area contributed by atoms with E-state index in [2.05, 4.69) is 62.4 Å². The second-order valence-electron chi connectivity index (χ2n) is 7.39. The lowest BCUT2D eigenvalue weighted by Crippen LogP contribution is -2.06. The predicted octanol–water partition coefficient (Wildman–Crippen LogP) is 4.44. The van der Waals surface area contributed by atoms with Crippen LogP contribution < -0.4 is 0 Å². The first kappa shape index (κ1) is 19.6. The van der Waals surface area contributed by atoms with Crippen molar-refractivity contribution in [3.8, 4) is 22.5 Å². The quantitative estimate of drug-likeness (QED) is 0.398. The molecule has 5 rings (SSSR count). The molecule has 0 fully saturated rings. The maximum atomic E-state index is 9.77. The number of fused-ring (bicyclic) bond motifs is 1. The van der Waals surface area contributed by atoms with Gasteiger partial charge in [-0.3, -0.25) is 0 Å². The van der Waals surface area contributed by atoms with Gasteiger partial charge >= 0.3 is 0 Å². The largest absolute Gasteiger partial charge is 0.391 e. The van der Waals surface area contributed by atoms with Crippen LogP contribution in [0.2, 0.25) is 0 Å². The van der Waals surface area contributed by atoms with Crippen molar-refractivity contribution in [2.24, 2.45) is 0 Å². The summed E-state index contributed by atoms with van der Waals surface area (Å²) in [7, 11) is 0. The van der Waals surface area contributed by atoms with Gasteiger partial charge in [0.2, 0.25) is 5.82 Å². The Balaban J connectivity index is 1.49. The lowest BCUT2D eigenvalue weighted by Gasteiger charge is -2.11. The fraction of sp³-hybridized carbons (Fsp3) is 0.217. The van der Waals surface area contributed by atoms with Crippen molar-refractivity contribution in [1.29, 1.82) is 0 Å². The Bertz CT molecular complexity index is 1300. The van der Waals surface area contributed by atoms with Gasteiger partial charge in [-0.2, -0.15) is 5.21 Å². The van der Waals surface area contributed by atoms with Crippen molar-refractivity contribution in [2.75, 3.05) is 0 Å². The van der Waals surface area contributed by atoms with E-state index in [-0.39, 0.29) is 6.61 Å². The first-order chi connectivity index (χ1) is 15.3. The van der Waals surface area contributed by atoms with Crippen LogP contribution >= 0.6 is 11.3 Å². The van der Waals surface area contributed by atoms with Gasteiger partial charge in [0, 0.05) is 23.9 Å². The second-order valence-corrected chi connectivity index (χ2v) is 8.36. The van der Waals surface area contributed by atoms with E-state index in [1.807, 2.05) is 23.6 Å². The van der Waals surface area contributed by atoms with Gasteiger partial charge in [0.15, 0.2) is 0 Å². The Labute approximate surface area is 183 Å². The van der Waals surface area contributed by atoms with Crippen LogP contribution in [0.4, 0.5) is 0 Å². The number of thiophene rings is 1. The van der Waals surface area contributed by atoms with Crippen molar-refractivity contribution >= 4 is 22.4 Å². The van der Waals surface area contributed by atoms with Crippen LogP contribution in [0.5, 0.6) is 0 Å². The van der Waals surface area contributed by atoms with Gasteiger partial charge in [-0.15, -0.1) is 21.5 Å². The van der Waals surface area contributed by atoms with Gasteiger partial charge in [-0.05, 0) is 28.3 Å². The average molecular weight is 431 g/mol. The Morgan fingerprint density at radius 3 is 2.58 bits per heavy atom. The highest BCUT2D eigenvalue weighted by molar-refractivity contribution is 7.11. The standard InChI is InChI=1S/C23H22N6OS/c1-2-5-21-24-19-14-31-20(13-30)22(19)29(21)12-15-8-10-16(11-9-15)17-6-3-4-7-18(17)23-25-27-28-26-23/h3-4,6-11,14,30H,2,5,12-13H2,1H3,(H,25,26,27,28). The molecule has 0 spiro atoms. The normalized spacial score (nSPS) is 11.4. The average Bonchev–Trinajstić information content (AvgIpc) is 3.54. The molecule has 0 aliphatic carbocycles. The third-order valence-corrected chi connectivity index (χ3v) is 6.33. The topological polar surface area (TPSA) is 92.5 Å². The van der Waals surface area contributed by atoms with E-state index in [1.165, 1.54) is 5.56 Å². The molecule has 2 N–H and O–H groups in total. The number of aliphatic hydroxyl groups excluding tert-OH is 1. The number of aromatic nitrogens is 6. The highest BCUT2D eigenvalue weighted by Gasteiger charge is 2.16. The molecule has 3 aromatic heterocycles. The zero-order chi connectivity index (χ0) is 21.2. The van der Waals surface area contributed by atoms with Crippen LogP contribution in [0.3, 0.4) is 0 Å². The fourth-order valence-corrected chi connectivity index (χ4v) is 4.77. The van der Waals surface area contributed by atoms with E-state index in [9.17, 15) is 5.11 Å². The number of aliphatic hydroxyl groups is 1. The van der Waals surface area contributed by atoms with Gasteiger partial charge in [-0.25, -0.2) is 4.98 Å². The molecule has 3 heterocycles. The molecule has 31 heavy (non-hydrogen) atoms. The summed E-state index contributed by atoms with van der Waals surface area (Å²) in [6, 6.07) is 16.6. The minimum absolute atomic E-state index is 0.0389. The van der Waals surface area contributed by atoms with Crippen LogP contribution in [0, 0.1) is 0 Å². The van der Waals surface area contributed by atoms with Crippen molar-refractivity contribution in [3.05, 3.63) is 70.2 Å². The summed E-state index contributed by atoms with van der Waals surface area (Å²) in [5, 5.41) is 26.3. The SMILES string of the molecule is CCCc1nc2csc(CO)c2n1Cc1ccc(-c2ccccc2-c2nn[nH]n2)cc1. The lowest BCUT2D eigenvalue weighted by molar-refractivity contribution is 0.286. The molecule has 0 atom stereocenters. The van der Waals surface area contributed by atoms with Crippen molar-refractivity contribution in [2.45, 2.75) is 32.9 Å². The summed E-state index contributed by atoms with van der Waals surface area (Å²) in [5.74, 6) is 1.65. The summed E-state index contributed by atoms with van der Waals surface area (Å²) >= 11 is 1.57. The van der Waals surface area contributed by atoms with E-state index in [0.29, 0.717) is 5.82 Å². The number of H-pyrrole nitrogens is 1. The zero-order valence-electron chi connectivity index (χ0n) is 17.1. The molecular weight excluding hydrogens is 408 g/mol. The van der Waals surface area contributed by atoms with E-state index < -0.39 is 0 Å². The van der Waals surface area contributed by atoms with E-state index >= 15 is 0 Å². The number of hydrogen-bond donors (Lipinski definition) is 2. The first-order valence-corrected chi connectivity index (χ1v) is 11.1. The fourth-order valence-electron chi connectivity index (χ4n) is 3.95. The summed E-state index contributed by atoms with van der Waals surface area (Å²) < 4.78 is 2.25. The Morgan fingerprint density at radius 2 is 1.87 bits per heavy atom. The highest BCUT2D eigenvalue weighted by atomic mass is 32.1. The number of hydrogen-bond acceptors (Lipinski definition) is 6. The molecule has 5 aromatic rings. The molecular formula is C23H22N6OS. The molecule has 0 amide bonds. The van der Waals surface area contributed by atoms with Gasteiger partial charge in [0.05, 0.1) is 22.5 Å². The smallest absolute Gasteiger partial charge is 0.205 e. The second kappa shape index (κ2) is 8.41. The Hall–Kier alpha value is -3.36. The van der Waals surface area contributed by atoms with Crippen LogP contribution in [0.1, 0.15) is 29.6 Å². The molecule has 0 saturated heterocycles. The highest BCUT2D eigenvalue weighted by Crippen LogP contribution is 2.31. The van der Waals surface area contributed by atoms with Crippen LogP contribution in [-0.4, -0.2) is 35.3 Å². The third-order valence-electron chi connectivity index (χ3n) is 5.39. The van der Waals surface area contributed by atoms with Crippen LogP contribution in [0.25, 0.3) is 33.5 Å². The van der Waals surface area contributed by atoms with Crippen molar-refractivity contribution in [3.63, 3.8) is 0 Å². The number of benzene rings is 2. The molecule has 0 saturated carbocycles. The molecule has 0 bridgehead atoms. The number of aromatic amines is 1. The number of nitrogens with zero attached hydrogens (tertiary/aromatic N) is 5. The summed E-state index contributed by atoms with van der Waals surface area (Å²) in [6.45, 7) is 2.93. The molecule has 8 heteroatoms. The lowest BCUT2D eigenvalue weighted by atomic mass is 9.98. The van der Waals surface area contributed by atoms with Crippen molar-refractivity contribution < 1.29 is 5.11 Å². The molecule has 0 aliphatic heterocycles. The van der Waals surface area contributed by atoms with Gasteiger partial charge in [0.25, 0.3) is 0 Å². The van der Waals surface area contributed by atoms with Crippen LogP contribution in [0.15, 0.2) is 53.9 Å². The monoisotopic (exact) mass is 430 g/mol. The number of imidazole rings is 1. The van der Waals surface area contributed by atoms with Gasteiger partial charge in [-0.1, -0.05) is 55.5 Å². The summed E-state index contributed by atoms with van der Waals surface area (Å²) in [4.78, 5) is 5.78. The molecule has 156 valence electrons. The molecule has 0 aliphatic rings. The minimum Gasteiger partial charge on any atom is -0.391 e. The van der Waals surface area contributed by atoms with E-state index in [1.54, 1.807) is 11.3 Å². The molecule has 0 unspecified atom stereocenters. The Morgan fingerprint density at radius 1 is 1.06 bits per heavy atom. The third kappa shape index (κ3) is 3.64. The predicted molar refractivity (Wildman–Crippen MR) is 122 cm³/mol. The van der Waals surface area contributed by atoms with E-state index in [0.717, 1.165) is 57.8 Å². The number of nitrogens with one attached hydrogen (secondary N) is 1. The minimum atomic E-state index is 0.0389. The van der Waals surface area contributed by atoms with Gasteiger partial charge < -0.3 is 9.67 Å². The van der Waals surface area contributed by atoms with Gasteiger partial charge in [0.1, 0.15) is 5.82 Å². The zero-order valence-corrected chi connectivity index (χ0v) is 17.9. The maximum Gasteiger partial charge on any atom is 0.205 e. The number of aryl methyl sites for hydroxylation is 1. The van der Waals surface area contributed by atoms with Crippen LogP contribution in [-0.2, 0) is 19.6 Å². The number of tetrazole rings is 1. The maximum absolute atomic E-state index is 9.77.